The van der Waals surface area contributed by atoms with Crippen molar-refractivity contribution in [3.05, 3.63) is 28.8 Å². The fraction of sp³-hybridized carbons (Fsp3) is 0.417. The maximum absolute atomic E-state index is 12.2. The van der Waals surface area contributed by atoms with Gasteiger partial charge in [-0.3, -0.25) is 0 Å². The molecule has 0 saturated heterocycles. The highest BCUT2D eigenvalue weighted by Gasteiger charge is 2.25. The molecular formula is C12H15ClN2O3S2. The van der Waals surface area contributed by atoms with Crippen molar-refractivity contribution >= 4 is 33.4 Å². The van der Waals surface area contributed by atoms with Gasteiger partial charge in [-0.25, -0.2) is 13.1 Å². The van der Waals surface area contributed by atoms with Crippen molar-refractivity contribution in [2.24, 2.45) is 0 Å². The molecule has 0 aliphatic rings. The van der Waals surface area contributed by atoms with Crippen LogP contribution >= 0.6 is 23.4 Å². The van der Waals surface area contributed by atoms with Crippen LogP contribution in [0.25, 0.3) is 0 Å². The summed E-state index contributed by atoms with van der Waals surface area (Å²) in [6.45, 7) is 1.39. The van der Waals surface area contributed by atoms with Crippen LogP contribution in [0.4, 0.5) is 0 Å². The Labute approximate surface area is 128 Å². The summed E-state index contributed by atoms with van der Waals surface area (Å²) < 4.78 is 26.7. The molecule has 110 valence electrons. The van der Waals surface area contributed by atoms with Gasteiger partial charge in [0.2, 0.25) is 10.0 Å². The first-order chi connectivity index (χ1) is 9.22. The second-order valence-electron chi connectivity index (χ2n) is 4.51. The van der Waals surface area contributed by atoms with E-state index in [2.05, 4.69) is 4.72 Å². The lowest BCUT2D eigenvalue weighted by Gasteiger charge is -2.22. The number of nitriles is 1. The molecule has 0 bridgehead atoms. The summed E-state index contributed by atoms with van der Waals surface area (Å²) in [5.74, 6) is 0.385. The number of nitrogens with one attached hydrogen (secondary N) is 1. The number of hydrogen-bond donors (Lipinski definition) is 2. The van der Waals surface area contributed by atoms with Gasteiger partial charge in [0.1, 0.15) is 11.0 Å². The van der Waals surface area contributed by atoms with Gasteiger partial charge in [-0.2, -0.15) is 17.0 Å². The van der Waals surface area contributed by atoms with Crippen LogP contribution < -0.4 is 4.72 Å². The molecule has 0 aliphatic heterocycles. The minimum absolute atomic E-state index is 0.00593. The third-order valence-electron chi connectivity index (χ3n) is 2.45. The predicted octanol–water partition coefficient (Wildman–Crippen LogP) is 1.60. The van der Waals surface area contributed by atoms with E-state index >= 15 is 0 Å². The predicted molar refractivity (Wildman–Crippen MR) is 80.4 cm³/mol. The van der Waals surface area contributed by atoms with Gasteiger partial charge in [-0.05, 0) is 31.4 Å². The Balaban J connectivity index is 3.01. The number of nitrogens with zero attached hydrogens (tertiary/aromatic N) is 1. The maximum atomic E-state index is 12.2. The highest BCUT2D eigenvalue weighted by atomic mass is 35.5. The second kappa shape index (κ2) is 6.78. The van der Waals surface area contributed by atoms with E-state index in [1.807, 2.05) is 6.26 Å². The third kappa shape index (κ3) is 4.65. The zero-order valence-electron chi connectivity index (χ0n) is 11.1. The fourth-order valence-electron chi connectivity index (χ4n) is 1.50. The van der Waals surface area contributed by atoms with Crippen LogP contribution in [0.15, 0.2) is 23.1 Å². The zero-order chi connectivity index (χ0) is 15.4. The van der Waals surface area contributed by atoms with Crippen molar-refractivity contribution in [3.63, 3.8) is 0 Å². The number of sulfonamides is 1. The lowest BCUT2D eigenvalue weighted by Crippen LogP contribution is -2.42. The van der Waals surface area contributed by atoms with Gasteiger partial charge in [0.15, 0.2) is 0 Å². The van der Waals surface area contributed by atoms with Crippen molar-refractivity contribution in [2.75, 3.05) is 18.6 Å². The highest BCUT2D eigenvalue weighted by Crippen LogP contribution is 2.20. The Kier molecular flexibility index (Phi) is 5.86. The highest BCUT2D eigenvalue weighted by molar-refractivity contribution is 7.98. The molecule has 0 aromatic heterocycles. The van der Waals surface area contributed by atoms with Gasteiger partial charge in [-0.15, -0.1) is 0 Å². The molecule has 1 unspecified atom stereocenters. The molecule has 0 spiro atoms. The van der Waals surface area contributed by atoms with E-state index in [-0.39, 0.29) is 22.0 Å². The molecule has 0 heterocycles. The summed E-state index contributed by atoms with van der Waals surface area (Å²) in [6.07, 6.45) is 1.81. The molecule has 20 heavy (non-hydrogen) atoms. The van der Waals surface area contributed by atoms with Gasteiger partial charge < -0.3 is 5.11 Å². The Morgan fingerprint density at radius 2 is 2.20 bits per heavy atom. The van der Waals surface area contributed by atoms with Crippen LogP contribution in [-0.2, 0) is 10.0 Å². The molecule has 0 saturated carbocycles. The molecule has 0 aliphatic carbocycles. The molecule has 1 rings (SSSR count). The van der Waals surface area contributed by atoms with Gasteiger partial charge in [0, 0.05) is 17.3 Å². The Hall–Kier alpha value is -0.780. The molecule has 8 heteroatoms. The van der Waals surface area contributed by atoms with Crippen LogP contribution in [0.1, 0.15) is 12.5 Å². The normalized spacial score (nSPS) is 14.6. The number of rotatable bonds is 6. The number of thioether (sulfide) groups is 1. The minimum atomic E-state index is -3.90. The molecule has 1 aromatic rings. The van der Waals surface area contributed by atoms with Gasteiger partial charge in [-0.1, -0.05) is 11.6 Å². The van der Waals surface area contributed by atoms with Crippen LogP contribution in [0.3, 0.4) is 0 Å². The number of hydrogen-bond acceptors (Lipinski definition) is 5. The first-order valence-corrected chi connectivity index (χ1v) is 8.88. The monoisotopic (exact) mass is 334 g/mol. The quantitative estimate of drug-likeness (QED) is 0.824. The second-order valence-corrected chi connectivity index (χ2v) is 7.54. The van der Waals surface area contributed by atoms with Crippen molar-refractivity contribution in [3.8, 4) is 6.07 Å². The van der Waals surface area contributed by atoms with Crippen LogP contribution in [0.2, 0.25) is 5.02 Å². The largest absolute Gasteiger partial charge is 0.388 e. The summed E-state index contributed by atoms with van der Waals surface area (Å²) in [5, 5.41) is 19.1. The zero-order valence-corrected chi connectivity index (χ0v) is 13.4. The smallest absolute Gasteiger partial charge is 0.242 e. The lowest BCUT2D eigenvalue weighted by molar-refractivity contribution is 0.0908. The van der Waals surface area contributed by atoms with Crippen molar-refractivity contribution in [1.29, 1.82) is 5.26 Å². The van der Waals surface area contributed by atoms with E-state index < -0.39 is 15.6 Å². The van der Waals surface area contributed by atoms with E-state index in [0.29, 0.717) is 5.75 Å². The standard InChI is InChI=1S/C12H15ClN2O3S2/c1-12(16,8-19-2)7-15-20(17,18)11-5-10(13)4-3-9(11)6-14/h3-5,15-16H,7-8H2,1-2H3. The minimum Gasteiger partial charge on any atom is -0.388 e. The van der Waals surface area contributed by atoms with Crippen LogP contribution in [-0.4, -0.2) is 37.7 Å². The lowest BCUT2D eigenvalue weighted by atomic mass is 10.1. The molecule has 1 aromatic carbocycles. The average Bonchev–Trinajstić information content (AvgIpc) is 2.37. The first-order valence-electron chi connectivity index (χ1n) is 5.62. The Morgan fingerprint density at radius 1 is 1.55 bits per heavy atom. The van der Waals surface area contributed by atoms with E-state index in [9.17, 15) is 13.5 Å². The van der Waals surface area contributed by atoms with Gasteiger partial charge in [0.05, 0.1) is 11.2 Å². The van der Waals surface area contributed by atoms with E-state index in [1.54, 1.807) is 6.07 Å². The van der Waals surface area contributed by atoms with Crippen LogP contribution in [0.5, 0.6) is 0 Å². The summed E-state index contributed by atoms with van der Waals surface area (Å²) >= 11 is 7.17. The summed E-state index contributed by atoms with van der Waals surface area (Å²) in [4.78, 5) is -0.188. The van der Waals surface area contributed by atoms with E-state index in [1.165, 1.54) is 36.9 Å². The SMILES string of the molecule is CSCC(C)(O)CNS(=O)(=O)c1cc(Cl)ccc1C#N. The van der Waals surface area contributed by atoms with E-state index in [4.69, 9.17) is 16.9 Å². The average molecular weight is 335 g/mol. The number of aliphatic hydroxyl groups is 1. The Bertz CT molecular complexity index is 624. The molecule has 1 atom stereocenters. The topological polar surface area (TPSA) is 90.2 Å². The maximum Gasteiger partial charge on any atom is 0.242 e. The molecular weight excluding hydrogens is 320 g/mol. The van der Waals surface area contributed by atoms with Crippen molar-refractivity contribution < 1.29 is 13.5 Å². The van der Waals surface area contributed by atoms with E-state index in [0.717, 1.165) is 0 Å². The van der Waals surface area contributed by atoms with Gasteiger partial charge in [0.25, 0.3) is 0 Å². The summed E-state index contributed by atoms with van der Waals surface area (Å²) in [5.41, 5.74) is -1.16. The first kappa shape index (κ1) is 17.3. The molecule has 2 N–H and O–H groups in total. The molecule has 0 amide bonds. The molecule has 0 radical (unpaired) electrons. The molecule has 5 nitrogen and oxygen atoms in total. The van der Waals surface area contributed by atoms with Crippen LogP contribution in [0, 0.1) is 11.3 Å². The Morgan fingerprint density at radius 3 is 2.75 bits per heavy atom. The van der Waals surface area contributed by atoms with Gasteiger partial charge >= 0.3 is 0 Å². The number of halogens is 1. The number of benzene rings is 1. The fourth-order valence-corrected chi connectivity index (χ4v) is 3.80. The summed E-state index contributed by atoms with van der Waals surface area (Å²) in [6, 6.07) is 5.81. The summed E-state index contributed by atoms with van der Waals surface area (Å²) in [7, 11) is -3.90. The third-order valence-corrected chi connectivity index (χ3v) is 5.04. The van der Waals surface area contributed by atoms with Crippen molar-refractivity contribution in [2.45, 2.75) is 17.4 Å². The molecule has 0 fully saturated rings. The van der Waals surface area contributed by atoms with Crippen molar-refractivity contribution in [1.82, 2.24) is 4.72 Å².